The highest BCUT2D eigenvalue weighted by atomic mass is 35.5. The Bertz CT molecular complexity index is 591. The SMILES string of the molecule is COc1ccc(Oc2ccc(C(C)=O)cc2Cl)cc1. The lowest BCUT2D eigenvalue weighted by Gasteiger charge is -2.09. The summed E-state index contributed by atoms with van der Waals surface area (Å²) in [4.78, 5) is 11.2. The van der Waals surface area contributed by atoms with Gasteiger partial charge >= 0.3 is 0 Å². The molecule has 0 N–H and O–H groups in total. The monoisotopic (exact) mass is 276 g/mol. The Hall–Kier alpha value is -2.00. The number of hydrogen-bond donors (Lipinski definition) is 0. The van der Waals surface area contributed by atoms with Gasteiger partial charge in [0.05, 0.1) is 12.1 Å². The van der Waals surface area contributed by atoms with E-state index in [1.54, 1.807) is 49.6 Å². The molecule has 2 rings (SSSR count). The first-order valence-electron chi connectivity index (χ1n) is 5.72. The van der Waals surface area contributed by atoms with Crippen molar-refractivity contribution in [2.24, 2.45) is 0 Å². The molecule has 0 spiro atoms. The third-order valence-electron chi connectivity index (χ3n) is 2.63. The van der Waals surface area contributed by atoms with Gasteiger partial charge in [-0.25, -0.2) is 0 Å². The summed E-state index contributed by atoms with van der Waals surface area (Å²) < 4.78 is 10.7. The summed E-state index contributed by atoms with van der Waals surface area (Å²) >= 11 is 6.08. The fourth-order valence-electron chi connectivity index (χ4n) is 1.57. The van der Waals surface area contributed by atoms with Gasteiger partial charge in [0, 0.05) is 5.56 Å². The molecule has 0 fully saturated rings. The minimum atomic E-state index is -0.0297. The predicted octanol–water partition coefficient (Wildman–Crippen LogP) is 4.34. The minimum absolute atomic E-state index is 0.0297. The lowest BCUT2D eigenvalue weighted by Crippen LogP contribution is -1.93. The van der Waals surface area contributed by atoms with E-state index in [1.165, 1.54) is 6.92 Å². The molecule has 2 aromatic rings. The second-order valence-electron chi connectivity index (χ2n) is 3.98. The molecule has 4 heteroatoms. The van der Waals surface area contributed by atoms with Gasteiger partial charge in [-0.15, -0.1) is 0 Å². The third kappa shape index (κ3) is 3.26. The molecule has 0 atom stereocenters. The molecule has 0 aromatic heterocycles. The molecule has 3 nitrogen and oxygen atoms in total. The van der Waals surface area contributed by atoms with E-state index in [1.807, 2.05) is 0 Å². The van der Waals surface area contributed by atoms with Crippen LogP contribution in [-0.2, 0) is 0 Å². The molecule has 0 bridgehead atoms. The Morgan fingerprint density at radius 1 is 1.05 bits per heavy atom. The van der Waals surface area contributed by atoms with Gasteiger partial charge in [-0.3, -0.25) is 4.79 Å². The van der Waals surface area contributed by atoms with Crippen molar-refractivity contribution in [1.82, 2.24) is 0 Å². The summed E-state index contributed by atoms with van der Waals surface area (Å²) in [7, 11) is 1.60. The van der Waals surface area contributed by atoms with E-state index in [9.17, 15) is 4.79 Å². The quantitative estimate of drug-likeness (QED) is 0.779. The van der Waals surface area contributed by atoms with Crippen molar-refractivity contribution in [3.63, 3.8) is 0 Å². The standard InChI is InChI=1S/C15H13ClO3/c1-10(17)11-3-8-15(14(16)9-11)19-13-6-4-12(18-2)5-7-13/h3-9H,1-2H3. The molecule has 0 aliphatic rings. The third-order valence-corrected chi connectivity index (χ3v) is 2.92. The molecule has 0 heterocycles. The highest BCUT2D eigenvalue weighted by molar-refractivity contribution is 6.32. The molecule has 0 aliphatic heterocycles. The largest absolute Gasteiger partial charge is 0.497 e. The van der Waals surface area contributed by atoms with Crippen LogP contribution in [-0.4, -0.2) is 12.9 Å². The fourth-order valence-corrected chi connectivity index (χ4v) is 1.79. The first-order valence-corrected chi connectivity index (χ1v) is 6.10. The zero-order chi connectivity index (χ0) is 13.8. The van der Waals surface area contributed by atoms with Gasteiger partial charge in [-0.1, -0.05) is 11.6 Å². The van der Waals surface area contributed by atoms with Crippen LogP contribution in [0.2, 0.25) is 5.02 Å². The number of halogens is 1. The first kappa shape index (κ1) is 13.4. The Morgan fingerprint density at radius 3 is 2.21 bits per heavy atom. The van der Waals surface area contributed by atoms with Crippen LogP contribution in [0.1, 0.15) is 17.3 Å². The van der Waals surface area contributed by atoms with Crippen molar-refractivity contribution in [1.29, 1.82) is 0 Å². The van der Waals surface area contributed by atoms with Crippen molar-refractivity contribution in [3.05, 3.63) is 53.1 Å². The van der Waals surface area contributed by atoms with E-state index >= 15 is 0 Å². The number of methoxy groups -OCH3 is 1. The smallest absolute Gasteiger partial charge is 0.159 e. The fraction of sp³-hybridized carbons (Fsp3) is 0.133. The molecule has 2 aromatic carbocycles. The normalized spacial score (nSPS) is 10.1. The van der Waals surface area contributed by atoms with Gasteiger partial charge in [-0.05, 0) is 49.4 Å². The van der Waals surface area contributed by atoms with Crippen LogP contribution in [0, 0.1) is 0 Å². The topological polar surface area (TPSA) is 35.5 Å². The molecule has 0 radical (unpaired) electrons. The number of rotatable bonds is 4. The minimum Gasteiger partial charge on any atom is -0.497 e. The number of benzene rings is 2. The van der Waals surface area contributed by atoms with Crippen molar-refractivity contribution >= 4 is 17.4 Å². The van der Waals surface area contributed by atoms with Crippen LogP contribution in [0.25, 0.3) is 0 Å². The Balaban J connectivity index is 2.20. The van der Waals surface area contributed by atoms with Crippen LogP contribution >= 0.6 is 11.6 Å². The van der Waals surface area contributed by atoms with Crippen LogP contribution in [0.5, 0.6) is 17.2 Å². The highest BCUT2D eigenvalue weighted by Crippen LogP contribution is 2.31. The van der Waals surface area contributed by atoms with Gasteiger partial charge in [0.1, 0.15) is 17.2 Å². The van der Waals surface area contributed by atoms with Crippen molar-refractivity contribution < 1.29 is 14.3 Å². The zero-order valence-electron chi connectivity index (χ0n) is 10.6. The second kappa shape index (κ2) is 5.76. The Morgan fingerprint density at radius 2 is 1.68 bits per heavy atom. The van der Waals surface area contributed by atoms with Crippen molar-refractivity contribution in [2.45, 2.75) is 6.92 Å². The average Bonchev–Trinajstić information content (AvgIpc) is 2.41. The van der Waals surface area contributed by atoms with E-state index in [0.29, 0.717) is 22.1 Å². The molecule has 0 saturated carbocycles. The highest BCUT2D eigenvalue weighted by Gasteiger charge is 2.07. The van der Waals surface area contributed by atoms with Crippen molar-refractivity contribution in [3.8, 4) is 17.2 Å². The summed E-state index contributed by atoms with van der Waals surface area (Å²) in [6, 6.07) is 12.1. The number of ketones is 1. The van der Waals surface area contributed by atoms with E-state index in [4.69, 9.17) is 21.1 Å². The van der Waals surface area contributed by atoms with Gasteiger partial charge in [0.25, 0.3) is 0 Å². The lowest BCUT2D eigenvalue weighted by atomic mass is 10.1. The maximum Gasteiger partial charge on any atom is 0.159 e. The Kier molecular flexibility index (Phi) is 4.07. The zero-order valence-corrected chi connectivity index (χ0v) is 11.4. The van der Waals surface area contributed by atoms with Crippen molar-refractivity contribution in [2.75, 3.05) is 7.11 Å². The van der Waals surface area contributed by atoms with Gasteiger partial charge in [-0.2, -0.15) is 0 Å². The molecule has 98 valence electrons. The van der Waals surface area contributed by atoms with Crippen LogP contribution in [0.15, 0.2) is 42.5 Å². The van der Waals surface area contributed by atoms with Gasteiger partial charge in [0.2, 0.25) is 0 Å². The van der Waals surface area contributed by atoms with Crippen LogP contribution < -0.4 is 9.47 Å². The molecule has 19 heavy (non-hydrogen) atoms. The predicted molar refractivity (Wildman–Crippen MR) is 74.5 cm³/mol. The number of ether oxygens (including phenoxy) is 2. The summed E-state index contributed by atoms with van der Waals surface area (Å²) in [5.74, 6) is 1.89. The van der Waals surface area contributed by atoms with E-state index < -0.39 is 0 Å². The number of carbonyl (C=O) groups is 1. The summed E-state index contributed by atoms with van der Waals surface area (Å²) in [6.45, 7) is 1.50. The average molecular weight is 277 g/mol. The van der Waals surface area contributed by atoms with Crippen LogP contribution in [0.4, 0.5) is 0 Å². The van der Waals surface area contributed by atoms with E-state index in [0.717, 1.165) is 5.75 Å². The van der Waals surface area contributed by atoms with Crippen LogP contribution in [0.3, 0.4) is 0 Å². The molecule has 0 unspecified atom stereocenters. The molecular weight excluding hydrogens is 264 g/mol. The number of Topliss-reactive ketones (excluding diaryl/α,β-unsaturated/α-hetero) is 1. The lowest BCUT2D eigenvalue weighted by molar-refractivity contribution is 0.101. The summed E-state index contributed by atoms with van der Waals surface area (Å²) in [6.07, 6.45) is 0. The van der Waals surface area contributed by atoms with Gasteiger partial charge in [0.15, 0.2) is 5.78 Å². The van der Waals surface area contributed by atoms with E-state index in [-0.39, 0.29) is 5.78 Å². The Labute approximate surface area is 116 Å². The maximum absolute atomic E-state index is 11.2. The van der Waals surface area contributed by atoms with Gasteiger partial charge < -0.3 is 9.47 Å². The number of hydrogen-bond acceptors (Lipinski definition) is 3. The second-order valence-corrected chi connectivity index (χ2v) is 4.39. The molecule has 0 aliphatic carbocycles. The molecule has 0 saturated heterocycles. The molecule has 0 amide bonds. The van der Waals surface area contributed by atoms with E-state index in [2.05, 4.69) is 0 Å². The summed E-state index contributed by atoms with van der Waals surface area (Å²) in [5.41, 5.74) is 0.562. The summed E-state index contributed by atoms with van der Waals surface area (Å²) in [5, 5.41) is 0.406. The molecular formula is C15H13ClO3. The maximum atomic E-state index is 11.2. The number of carbonyl (C=O) groups excluding carboxylic acids is 1. The first-order chi connectivity index (χ1) is 9.10.